The molecule has 2 aromatic carbocycles. The van der Waals surface area contributed by atoms with Crippen molar-refractivity contribution in [3.05, 3.63) is 66.8 Å². The van der Waals surface area contributed by atoms with Crippen molar-refractivity contribution in [1.29, 1.82) is 0 Å². The highest BCUT2D eigenvalue weighted by atomic mass is 79.9. The van der Waals surface area contributed by atoms with Gasteiger partial charge in [-0.3, -0.25) is 0 Å². The van der Waals surface area contributed by atoms with E-state index in [-0.39, 0.29) is 15.6 Å². The number of aliphatic hydroxyl groups is 1. The van der Waals surface area contributed by atoms with Crippen LogP contribution in [0.1, 0.15) is 17.2 Å². The number of hydrogen-bond acceptors (Lipinski definition) is 1. The average Bonchev–Trinajstić information content (AvgIpc) is 2.39. The van der Waals surface area contributed by atoms with Crippen LogP contribution in [0.2, 0.25) is 15.1 Å². The van der Waals surface area contributed by atoms with Gasteiger partial charge in [0.2, 0.25) is 0 Å². The maximum absolute atomic E-state index is 14.0. The fourth-order valence-electron chi connectivity index (χ4n) is 1.65. The van der Waals surface area contributed by atoms with Gasteiger partial charge in [-0.2, -0.15) is 0 Å². The molecule has 1 unspecified atom stereocenters. The summed E-state index contributed by atoms with van der Waals surface area (Å²) in [5.74, 6) is -0.695. The van der Waals surface area contributed by atoms with E-state index in [4.69, 9.17) is 34.8 Å². The molecule has 0 fully saturated rings. The topological polar surface area (TPSA) is 20.2 Å². The van der Waals surface area contributed by atoms with E-state index >= 15 is 0 Å². The molecule has 0 bridgehead atoms. The predicted molar refractivity (Wildman–Crippen MR) is 79.6 cm³/mol. The highest BCUT2D eigenvalue weighted by Gasteiger charge is 2.21. The van der Waals surface area contributed by atoms with Crippen LogP contribution in [0.4, 0.5) is 4.39 Å². The van der Waals surface area contributed by atoms with Crippen LogP contribution in [-0.2, 0) is 0 Å². The first-order valence-electron chi connectivity index (χ1n) is 5.19. The summed E-state index contributed by atoms with van der Waals surface area (Å²) in [7, 11) is 0. The van der Waals surface area contributed by atoms with E-state index in [9.17, 15) is 9.50 Å². The molecule has 100 valence electrons. The van der Waals surface area contributed by atoms with Crippen LogP contribution in [0.15, 0.2) is 34.8 Å². The van der Waals surface area contributed by atoms with Crippen molar-refractivity contribution in [3.8, 4) is 0 Å². The van der Waals surface area contributed by atoms with Crippen LogP contribution in [0, 0.1) is 5.82 Å². The normalized spacial score (nSPS) is 12.5. The van der Waals surface area contributed by atoms with E-state index in [1.807, 2.05) is 0 Å². The van der Waals surface area contributed by atoms with Crippen molar-refractivity contribution in [3.63, 3.8) is 0 Å². The van der Waals surface area contributed by atoms with E-state index < -0.39 is 11.9 Å². The molecule has 0 radical (unpaired) electrons. The van der Waals surface area contributed by atoms with Gasteiger partial charge in [-0.15, -0.1) is 0 Å². The third-order valence-electron chi connectivity index (χ3n) is 2.64. The van der Waals surface area contributed by atoms with Crippen molar-refractivity contribution >= 4 is 50.7 Å². The maximum atomic E-state index is 14.0. The summed E-state index contributed by atoms with van der Waals surface area (Å²) in [6.07, 6.45) is -1.24. The number of benzene rings is 2. The van der Waals surface area contributed by atoms with Crippen molar-refractivity contribution in [1.82, 2.24) is 0 Å². The molecule has 2 aromatic rings. The van der Waals surface area contributed by atoms with Crippen molar-refractivity contribution in [2.45, 2.75) is 6.10 Å². The molecular formula is C13H7BrCl3FO. The SMILES string of the molecule is OC(c1ccc(Br)c(Cl)c1F)c1cccc(Cl)c1Cl. The van der Waals surface area contributed by atoms with E-state index in [1.54, 1.807) is 24.3 Å². The molecule has 1 N–H and O–H groups in total. The van der Waals surface area contributed by atoms with E-state index in [0.717, 1.165) is 0 Å². The van der Waals surface area contributed by atoms with Crippen LogP contribution < -0.4 is 0 Å². The zero-order valence-corrected chi connectivity index (χ0v) is 13.2. The van der Waals surface area contributed by atoms with Gasteiger partial charge in [0, 0.05) is 15.6 Å². The van der Waals surface area contributed by atoms with Crippen molar-refractivity contribution in [2.24, 2.45) is 0 Å². The lowest BCUT2D eigenvalue weighted by molar-refractivity contribution is 0.215. The molecule has 0 amide bonds. The first-order valence-corrected chi connectivity index (χ1v) is 7.11. The standard InChI is InChI=1S/C13H7BrCl3FO/c14-8-5-4-7(12(18)11(8)17)13(19)6-2-1-3-9(15)10(6)16/h1-5,13,19H. The average molecular weight is 384 g/mol. The van der Waals surface area contributed by atoms with Gasteiger partial charge in [0.15, 0.2) is 0 Å². The quantitative estimate of drug-likeness (QED) is 0.666. The Balaban J connectivity index is 2.53. The van der Waals surface area contributed by atoms with Gasteiger partial charge in [-0.1, -0.05) is 53.0 Å². The first kappa shape index (κ1) is 15.1. The van der Waals surface area contributed by atoms with E-state index in [1.165, 1.54) is 6.07 Å². The fraction of sp³-hybridized carbons (Fsp3) is 0.0769. The number of hydrogen-bond donors (Lipinski definition) is 1. The summed E-state index contributed by atoms with van der Waals surface area (Å²) in [5.41, 5.74) is 0.365. The minimum Gasteiger partial charge on any atom is -0.383 e. The van der Waals surface area contributed by atoms with Crippen LogP contribution in [-0.4, -0.2) is 5.11 Å². The molecule has 0 aliphatic carbocycles. The Kier molecular flexibility index (Phi) is 4.75. The Bertz CT molecular complexity index is 634. The van der Waals surface area contributed by atoms with Crippen LogP contribution in [0.5, 0.6) is 0 Å². The lowest BCUT2D eigenvalue weighted by Gasteiger charge is -2.15. The van der Waals surface area contributed by atoms with Crippen LogP contribution in [0.3, 0.4) is 0 Å². The minimum atomic E-state index is -1.24. The molecule has 2 rings (SSSR count). The third kappa shape index (κ3) is 2.91. The molecule has 0 aliphatic heterocycles. The highest BCUT2D eigenvalue weighted by molar-refractivity contribution is 9.10. The lowest BCUT2D eigenvalue weighted by atomic mass is 10.0. The highest BCUT2D eigenvalue weighted by Crippen LogP contribution is 2.37. The molecule has 0 spiro atoms. The Morgan fingerprint density at radius 2 is 1.68 bits per heavy atom. The largest absolute Gasteiger partial charge is 0.383 e. The van der Waals surface area contributed by atoms with Gasteiger partial charge in [-0.05, 0) is 28.1 Å². The predicted octanol–water partition coefficient (Wildman–Crippen LogP) is 5.63. The summed E-state index contributed by atoms with van der Waals surface area (Å²) in [6, 6.07) is 7.79. The molecule has 0 saturated heterocycles. The number of aliphatic hydroxyl groups excluding tert-OH is 1. The number of rotatable bonds is 2. The Morgan fingerprint density at radius 3 is 2.37 bits per heavy atom. The lowest BCUT2D eigenvalue weighted by Crippen LogP contribution is -2.04. The Morgan fingerprint density at radius 1 is 1.00 bits per heavy atom. The zero-order chi connectivity index (χ0) is 14.2. The van der Waals surface area contributed by atoms with E-state index in [0.29, 0.717) is 15.1 Å². The Hall–Kier alpha value is -0.320. The van der Waals surface area contributed by atoms with Gasteiger partial charge in [0.25, 0.3) is 0 Å². The van der Waals surface area contributed by atoms with E-state index in [2.05, 4.69) is 15.9 Å². The fourth-order valence-corrected chi connectivity index (χ4v) is 2.54. The Labute approximate surface area is 133 Å². The van der Waals surface area contributed by atoms with Crippen LogP contribution >= 0.6 is 50.7 Å². The van der Waals surface area contributed by atoms with Crippen LogP contribution in [0.25, 0.3) is 0 Å². The summed E-state index contributed by atoms with van der Waals surface area (Å²) in [6.45, 7) is 0. The maximum Gasteiger partial charge on any atom is 0.149 e. The molecule has 1 nitrogen and oxygen atoms in total. The molecule has 0 aromatic heterocycles. The second-order valence-corrected chi connectivity index (χ2v) is 5.83. The second kappa shape index (κ2) is 5.98. The smallest absolute Gasteiger partial charge is 0.149 e. The summed E-state index contributed by atoms with van der Waals surface area (Å²) >= 11 is 20.8. The van der Waals surface area contributed by atoms with Crippen molar-refractivity contribution in [2.75, 3.05) is 0 Å². The first-order chi connectivity index (χ1) is 8.93. The van der Waals surface area contributed by atoms with Gasteiger partial charge >= 0.3 is 0 Å². The molecule has 19 heavy (non-hydrogen) atoms. The van der Waals surface area contributed by atoms with Gasteiger partial charge in [0.05, 0.1) is 15.1 Å². The molecule has 6 heteroatoms. The third-order valence-corrected chi connectivity index (χ3v) is 4.73. The monoisotopic (exact) mass is 382 g/mol. The molecular weight excluding hydrogens is 377 g/mol. The zero-order valence-electron chi connectivity index (χ0n) is 9.30. The molecule has 0 heterocycles. The summed E-state index contributed by atoms with van der Waals surface area (Å²) in [5, 5.41) is 10.6. The molecule has 0 aliphatic rings. The summed E-state index contributed by atoms with van der Waals surface area (Å²) in [4.78, 5) is 0. The molecule has 0 saturated carbocycles. The minimum absolute atomic E-state index is 0.0392. The van der Waals surface area contributed by atoms with Gasteiger partial charge in [-0.25, -0.2) is 4.39 Å². The summed E-state index contributed by atoms with van der Waals surface area (Å²) < 4.78 is 14.4. The molecule has 1 atom stereocenters. The van der Waals surface area contributed by atoms with Gasteiger partial charge in [0.1, 0.15) is 11.9 Å². The van der Waals surface area contributed by atoms with Crippen molar-refractivity contribution < 1.29 is 9.50 Å². The van der Waals surface area contributed by atoms with Gasteiger partial charge < -0.3 is 5.11 Å². The number of halogens is 5. The second-order valence-electron chi connectivity index (χ2n) is 3.81.